The van der Waals surface area contributed by atoms with Crippen molar-refractivity contribution < 1.29 is 47.7 Å². The third kappa shape index (κ3) is 10.6. The quantitative estimate of drug-likeness (QED) is 0.259. The Labute approximate surface area is 317 Å². The van der Waals surface area contributed by atoms with Crippen LogP contribution < -0.4 is 35.5 Å². The summed E-state index contributed by atoms with van der Waals surface area (Å²) in [6.07, 6.45) is -0.761. The van der Waals surface area contributed by atoms with Crippen LogP contribution in [-0.4, -0.2) is 91.6 Å². The fraction of sp³-hybridized carbons (Fsp3) is 0.395. The molecule has 0 fully saturated rings. The SMILES string of the molecule is COc1ccc2cc1Oc1cccc(OC)c1CNC(=O)[C@@H](C(C)C)NC(=O)[C@H]([C@@H](C)O)NC(=O)CN(C(=O)c1ccc(Cl)cc1F)CCCCNC2=O. The summed E-state index contributed by atoms with van der Waals surface area (Å²) in [5.41, 5.74) is 0.381. The summed E-state index contributed by atoms with van der Waals surface area (Å²) in [4.78, 5) is 68.3. The number of halogens is 2. The van der Waals surface area contributed by atoms with Crippen molar-refractivity contribution >= 4 is 41.1 Å². The van der Waals surface area contributed by atoms with Gasteiger partial charge in [0, 0.05) is 23.7 Å². The van der Waals surface area contributed by atoms with E-state index in [1.807, 2.05) is 0 Å². The van der Waals surface area contributed by atoms with Crippen LogP contribution in [0.2, 0.25) is 5.02 Å². The molecule has 0 radical (unpaired) electrons. The molecule has 5 amide bonds. The predicted molar refractivity (Wildman–Crippen MR) is 197 cm³/mol. The van der Waals surface area contributed by atoms with E-state index in [9.17, 15) is 33.5 Å². The van der Waals surface area contributed by atoms with Crippen molar-refractivity contribution in [3.05, 3.63) is 82.1 Å². The van der Waals surface area contributed by atoms with Crippen LogP contribution in [0.4, 0.5) is 4.39 Å². The molecule has 1 aliphatic rings. The smallest absolute Gasteiger partial charge is 0.257 e. The normalized spacial score (nSPS) is 18.6. The van der Waals surface area contributed by atoms with Crippen molar-refractivity contribution in [2.24, 2.45) is 5.92 Å². The van der Waals surface area contributed by atoms with Gasteiger partial charge in [-0.15, -0.1) is 0 Å². The van der Waals surface area contributed by atoms with Gasteiger partial charge in [0.15, 0.2) is 11.5 Å². The van der Waals surface area contributed by atoms with Gasteiger partial charge in [-0.1, -0.05) is 31.5 Å². The molecule has 3 aromatic rings. The molecule has 16 heteroatoms. The standard InChI is InChI=1S/C38H45ClFN5O9/c1-21(2)33-36(49)42-19-26-28(52-4)9-8-10-29(26)54-31-17-23(11-14-30(31)53-5)35(48)41-15-6-7-16-45(38(51)25-13-12-24(39)18-27(25)40)20-32(47)43-34(22(3)46)37(50)44-33/h8-14,17-18,21-22,33-34,46H,6-7,15-16,19-20H2,1-5H3,(H,41,48)(H,42,49)(H,43,47)(H,44,50)/t22-,33-,34+/m1/s1. The highest BCUT2D eigenvalue weighted by Gasteiger charge is 2.32. The number of nitrogens with zero attached hydrogens (tertiary/aromatic N) is 1. The van der Waals surface area contributed by atoms with Crippen molar-refractivity contribution in [3.63, 3.8) is 0 Å². The van der Waals surface area contributed by atoms with E-state index in [0.717, 1.165) is 11.0 Å². The van der Waals surface area contributed by atoms with E-state index in [0.29, 0.717) is 29.2 Å². The molecule has 0 saturated carbocycles. The minimum Gasteiger partial charge on any atom is -0.496 e. The first-order chi connectivity index (χ1) is 25.7. The average Bonchev–Trinajstić information content (AvgIpc) is 3.13. The van der Waals surface area contributed by atoms with E-state index in [1.165, 1.54) is 39.3 Å². The number of methoxy groups -OCH3 is 2. The molecule has 54 heavy (non-hydrogen) atoms. The Morgan fingerprint density at radius 2 is 1.65 bits per heavy atom. The second-order valence-electron chi connectivity index (χ2n) is 13.0. The number of aliphatic hydroxyl groups excluding tert-OH is 1. The Morgan fingerprint density at radius 1 is 0.907 bits per heavy atom. The third-order valence-electron chi connectivity index (χ3n) is 8.65. The summed E-state index contributed by atoms with van der Waals surface area (Å²) in [5.74, 6) is -3.60. The second-order valence-corrected chi connectivity index (χ2v) is 13.4. The maximum Gasteiger partial charge on any atom is 0.257 e. The monoisotopic (exact) mass is 769 g/mol. The number of fused-ring (bicyclic) bond motifs is 3. The van der Waals surface area contributed by atoms with Crippen LogP contribution in [-0.2, 0) is 20.9 Å². The van der Waals surface area contributed by atoms with E-state index >= 15 is 0 Å². The Bertz CT molecular complexity index is 1860. The van der Waals surface area contributed by atoms with E-state index in [2.05, 4.69) is 21.3 Å². The van der Waals surface area contributed by atoms with Crippen molar-refractivity contribution in [2.45, 2.75) is 58.3 Å². The number of nitrogens with one attached hydrogen (secondary N) is 4. The van der Waals surface area contributed by atoms with Crippen LogP contribution in [0, 0.1) is 11.7 Å². The van der Waals surface area contributed by atoms with Gasteiger partial charge in [-0.3, -0.25) is 24.0 Å². The molecule has 2 bridgehead atoms. The molecule has 1 aliphatic heterocycles. The number of carbonyl (C=O) groups excluding carboxylic acids is 5. The zero-order chi connectivity index (χ0) is 39.5. The number of carbonyl (C=O) groups is 5. The van der Waals surface area contributed by atoms with Gasteiger partial charge in [-0.25, -0.2) is 4.39 Å². The Kier molecular flexibility index (Phi) is 14.6. The summed E-state index contributed by atoms with van der Waals surface area (Å²) in [6.45, 7) is 4.15. The second kappa shape index (κ2) is 19.1. The highest BCUT2D eigenvalue weighted by atomic mass is 35.5. The van der Waals surface area contributed by atoms with Crippen LogP contribution in [0.5, 0.6) is 23.0 Å². The van der Waals surface area contributed by atoms with Gasteiger partial charge in [0.1, 0.15) is 29.4 Å². The van der Waals surface area contributed by atoms with E-state index in [-0.39, 0.29) is 48.0 Å². The summed E-state index contributed by atoms with van der Waals surface area (Å²) < 4.78 is 32.1. The Balaban J connectivity index is 1.69. The average molecular weight is 770 g/mol. The lowest BCUT2D eigenvalue weighted by Crippen LogP contribution is -2.59. The van der Waals surface area contributed by atoms with Gasteiger partial charge >= 0.3 is 0 Å². The molecule has 4 rings (SSSR count). The number of rotatable bonds is 5. The highest BCUT2D eigenvalue weighted by Crippen LogP contribution is 2.37. The lowest BCUT2D eigenvalue weighted by Gasteiger charge is -2.28. The third-order valence-corrected chi connectivity index (χ3v) is 8.88. The first-order valence-electron chi connectivity index (χ1n) is 17.3. The van der Waals surface area contributed by atoms with Crippen LogP contribution >= 0.6 is 11.6 Å². The number of hydrogen-bond acceptors (Lipinski definition) is 9. The summed E-state index contributed by atoms with van der Waals surface area (Å²) in [7, 11) is 2.91. The highest BCUT2D eigenvalue weighted by molar-refractivity contribution is 6.30. The molecule has 0 saturated heterocycles. The Hall–Kier alpha value is -5.41. The van der Waals surface area contributed by atoms with Crippen LogP contribution in [0.1, 0.15) is 59.9 Å². The van der Waals surface area contributed by atoms with Crippen LogP contribution in [0.15, 0.2) is 54.6 Å². The van der Waals surface area contributed by atoms with Gasteiger partial charge in [-0.2, -0.15) is 0 Å². The summed E-state index contributed by atoms with van der Waals surface area (Å²) in [6, 6.07) is 10.6. The van der Waals surface area contributed by atoms with Gasteiger partial charge < -0.3 is 45.5 Å². The van der Waals surface area contributed by atoms with Gasteiger partial charge in [0.2, 0.25) is 17.7 Å². The van der Waals surface area contributed by atoms with Gasteiger partial charge in [-0.05, 0) is 74.2 Å². The maximum absolute atomic E-state index is 14.8. The van der Waals surface area contributed by atoms with Crippen molar-refractivity contribution in [2.75, 3.05) is 33.9 Å². The van der Waals surface area contributed by atoms with E-state index in [1.54, 1.807) is 44.2 Å². The zero-order valence-corrected chi connectivity index (χ0v) is 31.4. The van der Waals surface area contributed by atoms with Crippen molar-refractivity contribution in [3.8, 4) is 23.0 Å². The van der Waals surface area contributed by atoms with E-state index in [4.69, 9.17) is 25.8 Å². The van der Waals surface area contributed by atoms with Gasteiger partial charge in [0.25, 0.3) is 11.8 Å². The fourth-order valence-corrected chi connectivity index (χ4v) is 5.86. The number of aliphatic hydroxyl groups is 1. The first kappa shape index (κ1) is 41.3. The molecular weight excluding hydrogens is 725 g/mol. The largest absolute Gasteiger partial charge is 0.496 e. The molecule has 1 heterocycles. The number of amides is 5. The van der Waals surface area contributed by atoms with Crippen molar-refractivity contribution in [1.29, 1.82) is 0 Å². The zero-order valence-electron chi connectivity index (χ0n) is 30.7. The molecule has 0 unspecified atom stereocenters. The molecule has 0 aromatic heterocycles. The summed E-state index contributed by atoms with van der Waals surface area (Å²) in [5, 5.41) is 21.3. The molecule has 3 atom stereocenters. The molecular formula is C38H45ClFN5O9. The molecule has 14 nitrogen and oxygen atoms in total. The maximum atomic E-state index is 14.8. The number of hydrogen-bond donors (Lipinski definition) is 5. The number of ether oxygens (including phenoxy) is 3. The minimum absolute atomic E-state index is 0.0330. The molecule has 3 aromatic carbocycles. The van der Waals surface area contributed by atoms with E-state index < -0.39 is 66.0 Å². The Morgan fingerprint density at radius 3 is 2.31 bits per heavy atom. The van der Waals surface area contributed by atoms with Crippen LogP contribution in [0.25, 0.3) is 0 Å². The predicted octanol–water partition coefficient (Wildman–Crippen LogP) is 3.58. The van der Waals surface area contributed by atoms with Gasteiger partial charge in [0.05, 0.1) is 44.5 Å². The molecule has 0 spiro atoms. The van der Waals surface area contributed by atoms with Crippen molar-refractivity contribution in [1.82, 2.24) is 26.2 Å². The minimum atomic E-state index is -1.52. The topological polar surface area (TPSA) is 185 Å². The molecule has 0 aliphatic carbocycles. The number of benzene rings is 3. The fourth-order valence-electron chi connectivity index (χ4n) is 5.70. The van der Waals surface area contributed by atoms with Crippen LogP contribution in [0.3, 0.4) is 0 Å². The summed E-state index contributed by atoms with van der Waals surface area (Å²) >= 11 is 5.88. The first-order valence-corrected chi connectivity index (χ1v) is 17.7. The molecule has 5 N–H and O–H groups in total. The lowest BCUT2D eigenvalue weighted by atomic mass is 10.0. The lowest BCUT2D eigenvalue weighted by molar-refractivity contribution is -0.135. The molecule has 290 valence electrons.